The van der Waals surface area contributed by atoms with Gasteiger partial charge in [0.05, 0.1) is 0 Å². The molecule has 1 aliphatic heterocycles. The van der Waals surface area contributed by atoms with Crippen molar-refractivity contribution in [2.45, 2.75) is 13.0 Å². The van der Waals surface area contributed by atoms with Crippen molar-refractivity contribution in [3.63, 3.8) is 0 Å². The Hall–Kier alpha value is -2.15. The van der Waals surface area contributed by atoms with E-state index in [0.717, 1.165) is 31.7 Å². The fraction of sp³-hybridized carbons (Fsp3) is 0.333. The standard InChI is InChI=1S/C21H27N3O2S/c1-19(18-22-27(25,26)17-12-20-8-4-2-5-9-20)23-13-15-24(16-14-23)21-10-6-3-7-11-21/h2-12,17,19,22H,13-16,18H2,1H3. The predicted octanol–water partition coefficient (Wildman–Crippen LogP) is 2.79. The predicted molar refractivity (Wildman–Crippen MR) is 112 cm³/mol. The van der Waals surface area contributed by atoms with Crippen LogP contribution < -0.4 is 9.62 Å². The van der Waals surface area contributed by atoms with Crippen LogP contribution in [0.5, 0.6) is 0 Å². The summed E-state index contributed by atoms with van der Waals surface area (Å²) >= 11 is 0. The summed E-state index contributed by atoms with van der Waals surface area (Å²) in [6, 6.07) is 20.0. The molecular formula is C21H27N3O2S. The summed E-state index contributed by atoms with van der Waals surface area (Å²) in [7, 11) is -3.43. The Balaban J connectivity index is 1.47. The minimum absolute atomic E-state index is 0.155. The number of piperazine rings is 1. The van der Waals surface area contributed by atoms with Gasteiger partial charge in [0.25, 0.3) is 0 Å². The van der Waals surface area contributed by atoms with Crippen molar-refractivity contribution >= 4 is 21.8 Å². The molecule has 2 aromatic rings. The Morgan fingerprint density at radius 3 is 2.19 bits per heavy atom. The average Bonchev–Trinajstić information content (AvgIpc) is 2.72. The van der Waals surface area contributed by atoms with Crippen molar-refractivity contribution in [1.29, 1.82) is 0 Å². The monoisotopic (exact) mass is 385 g/mol. The fourth-order valence-corrected chi connectivity index (χ4v) is 4.11. The molecule has 1 saturated heterocycles. The van der Waals surface area contributed by atoms with E-state index in [4.69, 9.17) is 0 Å². The second-order valence-corrected chi connectivity index (χ2v) is 8.47. The summed E-state index contributed by atoms with van der Waals surface area (Å²) in [5.41, 5.74) is 2.12. The minimum Gasteiger partial charge on any atom is -0.369 e. The molecule has 3 rings (SSSR count). The maximum atomic E-state index is 12.2. The summed E-state index contributed by atoms with van der Waals surface area (Å²) in [6.45, 7) is 6.24. The van der Waals surface area contributed by atoms with Gasteiger partial charge in [-0.3, -0.25) is 4.90 Å². The first-order valence-corrected chi connectivity index (χ1v) is 10.8. The number of hydrogen-bond donors (Lipinski definition) is 1. The first-order valence-electron chi connectivity index (χ1n) is 9.30. The van der Waals surface area contributed by atoms with Crippen molar-refractivity contribution in [3.8, 4) is 0 Å². The molecule has 1 unspecified atom stereocenters. The zero-order chi connectivity index (χ0) is 19.1. The van der Waals surface area contributed by atoms with E-state index in [2.05, 4.69) is 45.7 Å². The Bertz CT molecular complexity index is 830. The van der Waals surface area contributed by atoms with Crippen LogP contribution in [0.15, 0.2) is 66.1 Å². The van der Waals surface area contributed by atoms with Crippen molar-refractivity contribution in [3.05, 3.63) is 71.6 Å². The summed E-state index contributed by atoms with van der Waals surface area (Å²) in [4.78, 5) is 4.71. The van der Waals surface area contributed by atoms with E-state index < -0.39 is 10.0 Å². The lowest BCUT2D eigenvalue weighted by Crippen LogP contribution is -2.52. The zero-order valence-corrected chi connectivity index (χ0v) is 16.5. The smallest absolute Gasteiger partial charge is 0.233 e. The fourth-order valence-electron chi connectivity index (χ4n) is 3.21. The summed E-state index contributed by atoms with van der Waals surface area (Å²) in [6.07, 6.45) is 1.62. The van der Waals surface area contributed by atoms with Gasteiger partial charge in [0.15, 0.2) is 0 Å². The van der Waals surface area contributed by atoms with Crippen LogP contribution in [0.1, 0.15) is 12.5 Å². The molecule has 27 heavy (non-hydrogen) atoms. The number of benzene rings is 2. The van der Waals surface area contributed by atoms with E-state index in [1.807, 2.05) is 36.4 Å². The van der Waals surface area contributed by atoms with Crippen LogP contribution in [-0.2, 0) is 10.0 Å². The summed E-state index contributed by atoms with van der Waals surface area (Å²) in [5.74, 6) is 0. The van der Waals surface area contributed by atoms with Crippen molar-refractivity contribution in [1.82, 2.24) is 9.62 Å². The van der Waals surface area contributed by atoms with Crippen molar-refractivity contribution < 1.29 is 8.42 Å². The normalized spacial score (nSPS) is 17.3. The second kappa shape index (κ2) is 9.17. The first kappa shape index (κ1) is 19.6. The molecule has 0 amide bonds. The first-order chi connectivity index (χ1) is 13.0. The van der Waals surface area contributed by atoms with Crippen molar-refractivity contribution in [2.75, 3.05) is 37.6 Å². The second-order valence-electron chi connectivity index (χ2n) is 6.81. The number of rotatable bonds is 7. The maximum Gasteiger partial charge on any atom is 0.233 e. The van der Waals surface area contributed by atoms with Crippen LogP contribution in [0, 0.1) is 0 Å². The summed E-state index contributed by atoms with van der Waals surface area (Å²) in [5, 5.41) is 1.24. The molecule has 0 aromatic heterocycles. The highest BCUT2D eigenvalue weighted by molar-refractivity contribution is 7.92. The molecule has 1 N–H and O–H groups in total. The van der Waals surface area contributed by atoms with Crippen LogP contribution in [0.25, 0.3) is 6.08 Å². The topological polar surface area (TPSA) is 52.7 Å². The highest BCUT2D eigenvalue weighted by Crippen LogP contribution is 2.16. The van der Waals surface area contributed by atoms with Gasteiger partial charge in [0.1, 0.15) is 0 Å². The van der Waals surface area contributed by atoms with E-state index in [1.54, 1.807) is 6.08 Å². The highest BCUT2D eigenvalue weighted by atomic mass is 32.2. The summed E-state index contributed by atoms with van der Waals surface area (Å²) < 4.78 is 27.1. The number of hydrogen-bond acceptors (Lipinski definition) is 4. The van der Waals surface area contributed by atoms with Crippen LogP contribution in [-0.4, -0.2) is 52.1 Å². The molecule has 6 heteroatoms. The number of para-hydroxylation sites is 1. The van der Waals surface area contributed by atoms with Gasteiger partial charge in [-0.1, -0.05) is 48.5 Å². The van der Waals surface area contributed by atoms with Crippen LogP contribution in [0.2, 0.25) is 0 Å². The quantitative estimate of drug-likeness (QED) is 0.796. The molecule has 0 spiro atoms. The molecule has 2 aromatic carbocycles. The van der Waals surface area contributed by atoms with Crippen molar-refractivity contribution in [2.24, 2.45) is 0 Å². The Morgan fingerprint density at radius 1 is 0.963 bits per heavy atom. The van der Waals surface area contributed by atoms with Crippen LogP contribution in [0.4, 0.5) is 5.69 Å². The van der Waals surface area contributed by atoms with Gasteiger partial charge in [-0.25, -0.2) is 13.1 Å². The number of nitrogens with zero attached hydrogens (tertiary/aromatic N) is 2. The molecule has 1 atom stereocenters. The lowest BCUT2D eigenvalue weighted by molar-refractivity contribution is 0.198. The highest BCUT2D eigenvalue weighted by Gasteiger charge is 2.22. The third-order valence-corrected chi connectivity index (χ3v) is 5.94. The molecule has 0 saturated carbocycles. The van der Waals surface area contributed by atoms with Gasteiger partial charge in [0, 0.05) is 49.9 Å². The molecular weight excluding hydrogens is 358 g/mol. The van der Waals surface area contributed by atoms with Gasteiger partial charge in [-0.15, -0.1) is 0 Å². The van der Waals surface area contributed by atoms with E-state index in [9.17, 15) is 8.42 Å². The largest absolute Gasteiger partial charge is 0.369 e. The number of nitrogens with one attached hydrogen (secondary N) is 1. The molecule has 0 bridgehead atoms. The number of sulfonamides is 1. The van der Waals surface area contributed by atoms with Gasteiger partial charge in [-0.2, -0.15) is 0 Å². The lowest BCUT2D eigenvalue weighted by Gasteiger charge is -2.39. The Labute approximate surface area is 162 Å². The van der Waals surface area contributed by atoms with E-state index in [-0.39, 0.29) is 6.04 Å². The molecule has 5 nitrogen and oxygen atoms in total. The molecule has 0 aliphatic carbocycles. The molecule has 0 radical (unpaired) electrons. The Kier molecular flexibility index (Phi) is 6.66. The third kappa shape index (κ3) is 5.92. The zero-order valence-electron chi connectivity index (χ0n) is 15.7. The van der Waals surface area contributed by atoms with Gasteiger partial charge in [0.2, 0.25) is 10.0 Å². The minimum atomic E-state index is -3.43. The van der Waals surface area contributed by atoms with E-state index >= 15 is 0 Å². The third-order valence-electron chi connectivity index (χ3n) is 4.88. The van der Waals surface area contributed by atoms with E-state index in [1.165, 1.54) is 11.1 Å². The molecule has 144 valence electrons. The van der Waals surface area contributed by atoms with Crippen LogP contribution in [0.3, 0.4) is 0 Å². The average molecular weight is 386 g/mol. The molecule has 1 heterocycles. The Morgan fingerprint density at radius 2 is 1.56 bits per heavy atom. The SMILES string of the molecule is CC(CNS(=O)(=O)C=Cc1ccccc1)N1CCN(c2ccccc2)CC1. The maximum absolute atomic E-state index is 12.2. The van der Waals surface area contributed by atoms with Gasteiger partial charge >= 0.3 is 0 Å². The molecule has 1 aliphatic rings. The van der Waals surface area contributed by atoms with E-state index in [0.29, 0.717) is 6.54 Å². The molecule has 1 fully saturated rings. The van der Waals surface area contributed by atoms with Gasteiger partial charge in [-0.05, 0) is 30.7 Å². The number of anilines is 1. The lowest BCUT2D eigenvalue weighted by atomic mass is 10.2. The van der Waals surface area contributed by atoms with Crippen LogP contribution >= 0.6 is 0 Å². The van der Waals surface area contributed by atoms with Gasteiger partial charge < -0.3 is 4.90 Å².